The molecule has 96 valence electrons. The van der Waals surface area contributed by atoms with Gasteiger partial charge >= 0.3 is 0 Å². The van der Waals surface area contributed by atoms with Crippen LogP contribution < -0.4 is 10.4 Å². The van der Waals surface area contributed by atoms with Crippen molar-refractivity contribution >= 4 is 24.3 Å². The summed E-state index contributed by atoms with van der Waals surface area (Å²) in [7, 11) is 0. The van der Waals surface area contributed by atoms with Gasteiger partial charge in [0.15, 0.2) is 0 Å². The molecular weight excluding hydrogens is 244 g/mol. The van der Waals surface area contributed by atoms with E-state index in [1.165, 1.54) is 21.6 Å². The minimum atomic E-state index is 0.951. The van der Waals surface area contributed by atoms with Gasteiger partial charge in [-0.25, -0.2) is 9.97 Å². The molecular formula is C18H14N2. The Morgan fingerprint density at radius 2 is 1.15 bits per heavy atom. The van der Waals surface area contributed by atoms with E-state index in [0.29, 0.717) is 0 Å². The first-order chi connectivity index (χ1) is 9.72. The number of hydrogen-bond donors (Lipinski definition) is 0. The van der Waals surface area contributed by atoms with Crippen LogP contribution in [0.4, 0.5) is 0 Å². The lowest BCUT2D eigenvalue weighted by Gasteiger charge is -2.00. The smallest absolute Gasteiger partial charge is 0.0896 e. The molecule has 0 amide bonds. The first-order valence-electron chi connectivity index (χ1n) is 6.79. The third-order valence-corrected chi connectivity index (χ3v) is 3.89. The fourth-order valence-electron chi connectivity index (χ4n) is 2.84. The van der Waals surface area contributed by atoms with E-state index >= 15 is 0 Å². The van der Waals surface area contributed by atoms with E-state index in [4.69, 9.17) is 9.97 Å². The van der Waals surface area contributed by atoms with Gasteiger partial charge in [0.2, 0.25) is 0 Å². The second-order valence-corrected chi connectivity index (χ2v) is 5.30. The molecule has 0 bridgehead atoms. The molecule has 2 aromatic heterocycles. The van der Waals surface area contributed by atoms with Gasteiger partial charge in [0.05, 0.1) is 22.1 Å². The predicted molar refractivity (Wildman–Crippen MR) is 81.9 cm³/mol. The fourth-order valence-corrected chi connectivity index (χ4v) is 2.84. The SMILES string of the molecule is Cc1cc(=c2cc(C)c3c(n2)C=CC=3)nc2c1=CC=C2. The number of hydrogen-bond acceptors (Lipinski definition) is 2. The topological polar surface area (TPSA) is 25.8 Å². The molecule has 2 nitrogen and oxygen atoms in total. The third-order valence-electron chi connectivity index (χ3n) is 3.89. The summed E-state index contributed by atoms with van der Waals surface area (Å²) in [6.45, 7) is 4.25. The first-order valence-corrected chi connectivity index (χ1v) is 6.79. The summed E-state index contributed by atoms with van der Waals surface area (Å²) >= 11 is 0. The highest BCUT2D eigenvalue weighted by Gasteiger charge is 2.05. The van der Waals surface area contributed by atoms with Crippen LogP contribution in [0.2, 0.25) is 0 Å². The Labute approximate surface area is 116 Å². The normalized spacial score (nSPS) is 15.7. The lowest BCUT2D eigenvalue weighted by atomic mass is 10.1. The highest BCUT2D eigenvalue weighted by molar-refractivity contribution is 5.66. The average molecular weight is 258 g/mol. The summed E-state index contributed by atoms with van der Waals surface area (Å²) in [6.07, 6.45) is 12.4. The number of rotatable bonds is 0. The van der Waals surface area contributed by atoms with Crippen molar-refractivity contribution in [3.05, 3.63) is 67.9 Å². The number of aryl methyl sites for hydroxylation is 2. The third kappa shape index (κ3) is 1.58. The molecule has 4 rings (SSSR count). The molecule has 0 spiro atoms. The Kier molecular flexibility index (Phi) is 2.27. The molecule has 2 heterocycles. The standard InChI is InChI=1S/C18H14N2/c1-11-9-17(19-15-7-3-5-13(11)15)18-10-12(2)14-6-4-8-16(14)20-18/h3-10H,1-2H3. The Morgan fingerprint density at radius 3 is 1.60 bits per heavy atom. The molecule has 0 fully saturated rings. The summed E-state index contributed by atoms with van der Waals surface area (Å²) in [5.41, 5.74) is 4.58. The summed E-state index contributed by atoms with van der Waals surface area (Å²) in [4.78, 5) is 9.47. The van der Waals surface area contributed by atoms with Crippen LogP contribution in [0.15, 0.2) is 24.3 Å². The van der Waals surface area contributed by atoms with E-state index in [0.717, 1.165) is 22.1 Å². The lowest BCUT2D eigenvalue weighted by molar-refractivity contribution is 1.09. The fraction of sp³-hybridized carbons (Fsp3) is 0.111. The van der Waals surface area contributed by atoms with E-state index in [9.17, 15) is 0 Å². The molecule has 20 heavy (non-hydrogen) atoms. The van der Waals surface area contributed by atoms with Crippen LogP contribution in [0.25, 0.3) is 24.3 Å². The Balaban J connectivity index is 2.16. The predicted octanol–water partition coefficient (Wildman–Crippen LogP) is 2.00. The van der Waals surface area contributed by atoms with Crippen molar-refractivity contribution < 1.29 is 0 Å². The van der Waals surface area contributed by atoms with Crippen molar-refractivity contribution in [1.82, 2.24) is 9.97 Å². The highest BCUT2D eigenvalue weighted by Crippen LogP contribution is 2.06. The van der Waals surface area contributed by atoms with E-state index in [1.54, 1.807) is 0 Å². The van der Waals surface area contributed by atoms with Crippen molar-refractivity contribution in [2.24, 2.45) is 0 Å². The van der Waals surface area contributed by atoms with Gasteiger partial charge in [-0.15, -0.1) is 0 Å². The van der Waals surface area contributed by atoms with E-state index < -0.39 is 0 Å². The minimum absolute atomic E-state index is 0.951. The maximum absolute atomic E-state index is 4.74. The number of pyridine rings is 2. The first kappa shape index (κ1) is 11.4. The van der Waals surface area contributed by atoms with E-state index in [1.807, 2.05) is 12.2 Å². The number of nitrogens with zero attached hydrogens (tertiary/aromatic N) is 2. The zero-order valence-corrected chi connectivity index (χ0v) is 11.5. The van der Waals surface area contributed by atoms with Gasteiger partial charge < -0.3 is 0 Å². The molecule has 2 heteroatoms. The van der Waals surface area contributed by atoms with Gasteiger partial charge in [0.25, 0.3) is 0 Å². The monoisotopic (exact) mass is 258 g/mol. The molecule has 2 aliphatic carbocycles. The van der Waals surface area contributed by atoms with Gasteiger partial charge in [-0.2, -0.15) is 0 Å². The van der Waals surface area contributed by atoms with Gasteiger partial charge in [0.1, 0.15) is 0 Å². The van der Waals surface area contributed by atoms with Crippen molar-refractivity contribution in [2.75, 3.05) is 0 Å². The van der Waals surface area contributed by atoms with Crippen molar-refractivity contribution in [3.63, 3.8) is 0 Å². The summed E-state index contributed by atoms with van der Waals surface area (Å²) in [6, 6.07) is 4.25. The molecule has 0 aliphatic heterocycles. The molecule has 0 unspecified atom stereocenters. The second kappa shape index (κ2) is 4.01. The number of allylic oxidation sites excluding steroid dienone is 2. The maximum atomic E-state index is 4.74. The molecule has 2 aromatic rings. The molecule has 0 saturated heterocycles. The molecule has 0 saturated carbocycles. The van der Waals surface area contributed by atoms with Gasteiger partial charge in [-0.3, -0.25) is 0 Å². The van der Waals surface area contributed by atoms with Gasteiger partial charge in [-0.1, -0.05) is 24.3 Å². The largest absolute Gasteiger partial charge is 0.246 e. The summed E-state index contributed by atoms with van der Waals surface area (Å²) in [5, 5.41) is 4.35. The Bertz CT molecular complexity index is 925. The van der Waals surface area contributed by atoms with Crippen LogP contribution in [-0.2, 0) is 0 Å². The molecule has 0 aromatic carbocycles. The van der Waals surface area contributed by atoms with E-state index in [2.05, 4.69) is 50.3 Å². The lowest BCUT2D eigenvalue weighted by Crippen LogP contribution is -2.12. The molecule has 0 radical (unpaired) electrons. The zero-order valence-electron chi connectivity index (χ0n) is 11.5. The van der Waals surface area contributed by atoms with Gasteiger partial charge in [-0.05, 0) is 49.3 Å². The number of aromatic nitrogens is 2. The minimum Gasteiger partial charge on any atom is -0.246 e. The maximum Gasteiger partial charge on any atom is 0.0896 e. The van der Waals surface area contributed by atoms with Crippen molar-refractivity contribution in [2.45, 2.75) is 13.8 Å². The van der Waals surface area contributed by atoms with E-state index in [-0.39, 0.29) is 0 Å². The average Bonchev–Trinajstić information content (AvgIpc) is 3.06. The van der Waals surface area contributed by atoms with Crippen LogP contribution in [0.1, 0.15) is 22.5 Å². The number of fused-ring (bicyclic) bond motifs is 2. The van der Waals surface area contributed by atoms with Crippen LogP contribution in [0, 0.1) is 24.5 Å². The van der Waals surface area contributed by atoms with Crippen LogP contribution in [-0.4, -0.2) is 9.97 Å². The molecule has 2 aliphatic rings. The Hall–Kier alpha value is -2.48. The van der Waals surface area contributed by atoms with Gasteiger partial charge in [0, 0.05) is 10.4 Å². The van der Waals surface area contributed by atoms with Crippen molar-refractivity contribution in [3.8, 4) is 0 Å². The van der Waals surface area contributed by atoms with Crippen LogP contribution in [0.5, 0.6) is 0 Å². The summed E-state index contributed by atoms with van der Waals surface area (Å²) in [5.74, 6) is 0. The summed E-state index contributed by atoms with van der Waals surface area (Å²) < 4.78 is 0. The van der Waals surface area contributed by atoms with Crippen LogP contribution >= 0.6 is 0 Å². The van der Waals surface area contributed by atoms with Crippen LogP contribution in [0.3, 0.4) is 0 Å². The second-order valence-electron chi connectivity index (χ2n) is 5.30. The van der Waals surface area contributed by atoms with Crippen molar-refractivity contribution in [1.29, 1.82) is 0 Å². The zero-order chi connectivity index (χ0) is 13.7. The highest BCUT2D eigenvalue weighted by atomic mass is 14.7. The quantitative estimate of drug-likeness (QED) is 0.722. The Morgan fingerprint density at radius 1 is 0.700 bits per heavy atom. The molecule has 0 atom stereocenters. The molecule has 0 N–H and O–H groups in total.